The third-order valence-corrected chi connectivity index (χ3v) is 6.87. The highest BCUT2D eigenvalue weighted by Crippen LogP contribution is 2.33. The molecule has 1 N–H and O–H groups in total. The number of rotatable bonds is 7. The Morgan fingerprint density at radius 3 is 2.63 bits per heavy atom. The molecule has 30 heavy (non-hydrogen) atoms. The van der Waals surface area contributed by atoms with E-state index in [2.05, 4.69) is 49.7 Å². The fourth-order valence-electron chi connectivity index (χ4n) is 3.94. The van der Waals surface area contributed by atoms with Crippen molar-refractivity contribution in [3.8, 4) is 0 Å². The molecular weight excluding hydrogens is 392 g/mol. The minimum absolute atomic E-state index is 0.00645. The first kappa shape index (κ1) is 20.6. The van der Waals surface area contributed by atoms with E-state index in [0.29, 0.717) is 12.1 Å². The van der Waals surface area contributed by atoms with Gasteiger partial charge in [0, 0.05) is 30.2 Å². The van der Waals surface area contributed by atoms with E-state index in [9.17, 15) is 4.79 Å². The minimum atomic E-state index is -0.00645. The molecule has 0 spiro atoms. The maximum atomic E-state index is 13.7. The van der Waals surface area contributed by atoms with Crippen LogP contribution in [0.25, 0.3) is 21.1 Å². The summed E-state index contributed by atoms with van der Waals surface area (Å²) in [7, 11) is 0. The normalized spacial score (nSPS) is 11.6. The van der Waals surface area contributed by atoms with E-state index in [1.165, 1.54) is 11.1 Å². The molecule has 1 amide bonds. The van der Waals surface area contributed by atoms with Crippen LogP contribution in [0, 0.1) is 13.8 Å². The first-order valence-corrected chi connectivity index (χ1v) is 11.3. The molecule has 6 heteroatoms. The van der Waals surface area contributed by atoms with Crippen LogP contribution < -0.4 is 4.90 Å². The van der Waals surface area contributed by atoms with Crippen LogP contribution in [0.4, 0.5) is 5.13 Å². The van der Waals surface area contributed by atoms with Gasteiger partial charge in [0.05, 0.1) is 15.8 Å². The molecule has 156 valence electrons. The van der Waals surface area contributed by atoms with Gasteiger partial charge in [0.25, 0.3) is 5.91 Å². The van der Waals surface area contributed by atoms with Crippen LogP contribution >= 0.6 is 11.3 Å². The number of thiazole rings is 1. The fourth-order valence-corrected chi connectivity index (χ4v) is 4.98. The van der Waals surface area contributed by atoms with Gasteiger partial charge in [0.15, 0.2) is 5.13 Å². The number of aryl methyl sites for hydroxylation is 2. The maximum Gasteiger partial charge on any atom is 0.262 e. The Hall–Kier alpha value is -2.70. The lowest BCUT2D eigenvalue weighted by Crippen LogP contribution is -2.38. The second-order valence-corrected chi connectivity index (χ2v) is 8.64. The summed E-state index contributed by atoms with van der Waals surface area (Å²) in [5.41, 5.74) is 5.02. The minimum Gasteiger partial charge on any atom is -0.360 e. The highest BCUT2D eigenvalue weighted by atomic mass is 32.1. The molecule has 0 radical (unpaired) electrons. The van der Waals surface area contributed by atoms with E-state index < -0.39 is 0 Å². The topological polar surface area (TPSA) is 52.2 Å². The van der Waals surface area contributed by atoms with Crippen LogP contribution in [-0.4, -0.2) is 47.0 Å². The Morgan fingerprint density at radius 1 is 1.10 bits per heavy atom. The Balaban J connectivity index is 1.76. The van der Waals surface area contributed by atoms with Crippen molar-refractivity contribution >= 4 is 43.5 Å². The smallest absolute Gasteiger partial charge is 0.262 e. The zero-order chi connectivity index (χ0) is 21.3. The molecule has 5 nitrogen and oxygen atoms in total. The van der Waals surface area contributed by atoms with E-state index in [4.69, 9.17) is 4.98 Å². The SMILES string of the molecule is CCN(CC)CCN(C(=O)c1c[nH]c2ccccc12)c1nc2cc(C)cc(C)c2s1. The number of nitrogens with zero attached hydrogens (tertiary/aromatic N) is 3. The predicted molar refractivity (Wildman–Crippen MR) is 127 cm³/mol. The van der Waals surface area contributed by atoms with Crippen molar-refractivity contribution in [2.45, 2.75) is 27.7 Å². The maximum absolute atomic E-state index is 13.7. The van der Waals surface area contributed by atoms with Crippen molar-refractivity contribution in [3.05, 3.63) is 59.3 Å². The second kappa shape index (κ2) is 8.58. The van der Waals surface area contributed by atoms with E-state index in [0.717, 1.165) is 45.9 Å². The molecule has 0 saturated carbocycles. The first-order chi connectivity index (χ1) is 14.5. The Bertz CT molecular complexity index is 1190. The summed E-state index contributed by atoms with van der Waals surface area (Å²) < 4.78 is 1.15. The van der Waals surface area contributed by atoms with E-state index >= 15 is 0 Å². The quantitative estimate of drug-likeness (QED) is 0.436. The van der Waals surface area contributed by atoms with E-state index in [-0.39, 0.29) is 5.91 Å². The number of aromatic nitrogens is 2. The summed E-state index contributed by atoms with van der Waals surface area (Å²) >= 11 is 1.60. The monoisotopic (exact) mass is 420 g/mol. The molecule has 0 bridgehead atoms. The van der Waals surface area contributed by atoms with Crippen LogP contribution in [0.15, 0.2) is 42.6 Å². The molecule has 0 aliphatic rings. The zero-order valence-corrected chi connectivity index (χ0v) is 18.8. The Morgan fingerprint density at radius 2 is 1.87 bits per heavy atom. The molecule has 4 rings (SSSR count). The Kier molecular flexibility index (Phi) is 5.88. The van der Waals surface area contributed by atoms with Gasteiger partial charge in [-0.25, -0.2) is 4.98 Å². The van der Waals surface area contributed by atoms with Gasteiger partial charge in [0.1, 0.15) is 0 Å². The summed E-state index contributed by atoms with van der Waals surface area (Å²) in [6, 6.07) is 12.2. The lowest BCUT2D eigenvalue weighted by Gasteiger charge is -2.24. The van der Waals surface area contributed by atoms with Crippen LogP contribution in [0.1, 0.15) is 35.3 Å². The molecule has 0 atom stereocenters. The van der Waals surface area contributed by atoms with Crippen molar-refractivity contribution in [1.82, 2.24) is 14.9 Å². The first-order valence-electron chi connectivity index (χ1n) is 10.5. The van der Waals surface area contributed by atoms with Crippen LogP contribution in [0.5, 0.6) is 0 Å². The number of carbonyl (C=O) groups excluding carboxylic acids is 1. The lowest BCUT2D eigenvalue weighted by molar-refractivity contribution is 0.0985. The third kappa shape index (κ3) is 3.85. The molecule has 0 fully saturated rings. The number of carbonyl (C=O) groups is 1. The van der Waals surface area contributed by atoms with Gasteiger partial charge in [-0.1, -0.05) is 49.4 Å². The summed E-state index contributed by atoms with van der Waals surface area (Å²) in [5.74, 6) is -0.00645. The highest BCUT2D eigenvalue weighted by Gasteiger charge is 2.24. The number of nitrogens with one attached hydrogen (secondary N) is 1. The van der Waals surface area contributed by atoms with Crippen molar-refractivity contribution in [2.24, 2.45) is 0 Å². The number of amides is 1. The number of anilines is 1. The number of fused-ring (bicyclic) bond motifs is 2. The molecule has 0 unspecified atom stereocenters. The number of hydrogen-bond acceptors (Lipinski definition) is 4. The molecule has 0 aliphatic carbocycles. The van der Waals surface area contributed by atoms with Crippen molar-refractivity contribution < 1.29 is 4.79 Å². The van der Waals surface area contributed by atoms with Gasteiger partial charge >= 0.3 is 0 Å². The Labute approximate surface area is 181 Å². The number of likely N-dealkylation sites (N-methyl/N-ethyl adjacent to an activating group) is 1. The summed E-state index contributed by atoms with van der Waals surface area (Å²) in [4.78, 5) is 26.0. The fraction of sp³-hybridized carbons (Fsp3) is 0.333. The summed E-state index contributed by atoms with van der Waals surface area (Å²) in [6.45, 7) is 11.8. The number of hydrogen-bond donors (Lipinski definition) is 1. The van der Waals surface area contributed by atoms with Crippen molar-refractivity contribution in [2.75, 3.05) is 31.1 Å². The lowest BCUT2D eigenvalue weighted by atomic mass is 10.1. The van der Waals surface area contributed by atoms with Crippen LogP contribution in [-0.2, 0) is 0 Å². The van der Waals surface area contributed by atoms with E-state index in [1.54, 1.807) is 11.3 Å². The van der Waals surface area contributed by atoms with Gasteiger partial charge in [0.2, 0.25) is 0 Å². The number of para-hydroxylation sites is 1. The average Bonchev–Trinajstić information content (AvgIpc) is 3.35. The van der Waals surface area contributed by atoms with Gasteiger partial charge in [-0.05, 0) is 50.2 Å². The highest BCUT2D eigenvalue weighted by molar-refractivity contribution is 7.22. The average molecular weight is 421 g/mol. The van der Waals surface area contributed by atoms with Crippen LogP contribution in [0.3, 0.4) is 0 Å². The van der Waals surface area contributed by atoms with E-state index in [1.807, 2.05) is 35.4 Å². The molecule has 2 aromatic carbocycles. The van der Waals surface area contributed by atoms with Gasteiger partial charge in [-0.3, -0.25) is 9.69 Å². The number of aromatic amines is 1. The largest absolute Gasteiger partial charge is 0.360 e. The molecule has 0 saturated heterocycles. The molecule has 2 heterocycles. The zero-order valence-electron chi connectivity index (χ0n) is 18.0. The number of benzene rings is 2. The van der Waals surface area contributed by atoms with Crippen molar-refractivity contribution in [1.29, 1.82) is 0 Å². The summed E-state index contributed by atoms with van der Waals surface area (Å²) in [5, 5.41) is 1.71. The van der Waals surface area contributed by atoms with Gasteiger partial charge in [-0.2, -0.15) is 0 Å². The van der Waals surface area contributed by atoms with Gasteiger partial charge in [-0.15, -0.1) is 0 Å². The standard InChI is InChI=1S/C24H28N4OS/c1-5-27(6-2)11-12-28(23(29)19-15-25-20-10-8-7-9-18(19)20)24-26-21-14-16(3)13-17(4)22(21)30-24/h7-10,13-15,25H,5-6,11-12H2,1-4H3. The summed E-state index contributed by atoms with van der Waals surface area (Å²) in [6.07, 6.45) is 1.82. The molecular formula is C24H28N4OS. The van der Waals surface area contributed by atoms with Crippen LogP contribution in [0.2, 0.25) is 0 Å². The molecule has 4 aromatic rings. The molecule has 0 aliphatic heterocycles. The van der Waals surface area contributed by atoms with Gasteiger partial charge < -0.3 is 9.88 Å². The third-order valence-electron chi connectivity index (χ3n) is 5.64. The predicted octanol–water partition coefficient (Wildman–Crippen LogP) is 5.38. The number of H-pyrrole nitrogens is 1. The molecule has 2 aromatic heterocycles. The van der Waals surface area contributed by atoms with Crippen molar-refractivity contribution in [3.63, 3.8) is 0 Å². The second-order valence-electron chi connectivity index (χ2n) is 7.66.